The summed E-state index contributed by atoms with van der Waals surface area (Å²) in [4.78, 5) is 12.1. The van der Waals surface area contributed by atoms with E-state index in [1.807, 2.05) is 6.07 Å². The number of Topliss-reactive ketones (excluding diaryl/α,β-unsaturated/α-hetero) is 1. The molecule has 0 aromatic heterocycles. The van der Waals surface area contributed by atoms with Crippen LogP contribution in [0, 0.1) is 17.8 Å². The zero-order valence-electron chi connectivity index (χ0n) is 12.8. The summed E-state index contributed by atoms with van der Waals surface area (Å²) < 4.78 is 5.89. The minimum Gasteiger partial charge on any atom is -0.508 e. The zero-order chi connectivity index (χ0) is 15.0. The van der Waals surface area contributed by atoms with Crippen molar-refractivity contribution in [3.05, 3.63) is 23.8 Å². The summed E-state index contributed by atoms with van der Waals surface area (Å²) in [5.41, 5.74) is 1.21. The van der Waals surface area contributed by atoms with E-state index in [9.17, 15) is 9.90 Å². The average Bonchev–Trinajstić information content (AvgIpc) is 2.52. The number of rotatable bonds is 0. The Morgan fingerprint density at radius 2 is 2.00 bits per heavy atom. The Labute approximate surface area is 126 Å². The molecular formula is C18H24O3. The third kappa shape index (κ3) is 2.78. The lowest BCUT2D eigenvalue weighted by Crippen LogP contribution is -2.30. The highest BCUT2D eigenvalue weighted by atomic mass is 16.5. The molecule has 1 heterocycles. The number of phenolic OH excluding ortho intramolecular Hbond substituents is 1. The molecule has 1 N–H and O–H groups in total. The van der Waals surface area contributed by atoms with Crippen LogP contribution in [0.1, 0.15) is 51.0 Å². The first-order chi connectivity index (χ1) is 10.1. The molecule has 0 spiro atoms. The number of phenols is 1. The molecule has 3 nitrogen and oxygen atoms in total. The van der Waals surface area contributed by atoms with Crippen LogP contribution in [0.4, 0.5) is 0 Å². The molecular weight excluding hydrogens is 264 g/mol. The number of carbonyl (C=O) groups is 1. The van der Waals surface area contributed by atoms with Gasteiger partial charge in [0.25, 0.3) is 0 Å². The molecule has 114 valence electrons. The van der Waals surface area contributed by atoms with Gasteiger partial charge in [0, 0.05) is 24.3 Å². The van der Waals surface area contributed by atoms with Gasteiger partial charge in [0.1, 0.15) is 17.3 Å². The second-order valence-corrected chi connectivity index (χ2v) is 6.76. The van der Waals surface area contributed by atoms with Crippen LogP contribution in [-0.4, -0.2) is 17.5 Å². The second-order valence-electron chi connectivity index (χ2n) is 6.76. The smallest absolute Gasteiger partial charge is 0.135 e. The van der Waals surface area contributed by atoms with Crippen molar-refractivity contribution < 1.29 is 14.6 Å². The van der Waals surface area contributed by atoms with Crippen molar-refractivity contribution in [1.29, 1.82) is 0 Å². The van der Waals surface area contributed by atoms with E-state index in [0.717, 1.165) is 25.0 Å². The van der Waals surface area contributed by atoms with Crippen LogP contribution >= 0.6 is 0 Å². The van der Waals surface area contributed by atoms with Crippen molar-refractivity contribution in [2.24, 2.45) is 17.8 Å². The van der Waals surface area contributed by atoms with E-state index in [-0.39, 0.29) is 11.7 Å². The lowest BCUT2D eigenvalue weighted by molar-refractivity contribution is -0.122. The third-order valence-electron chi connectivity index (χ3n) is 5.38. The molecule has 3 rings (SSSR count). The van der Waals surface area contributed by atoms with Crippen molar-refractivity contribution in [2.45, 2.75) is 45.4 Å². The van der Waals surface area contributed by atoms with Crippen LogP contribution in [0.3, 0.4) is 0 Å². The number of ketones is 1. The summed E-state index contributed by atoms with van der Waals surface area (Å²) in [6.45, 7) is 5.00. The summed E-state index contributed by atoms with van der Waals surface area (Å²) in [5.74, 6) is 3.06. The first kappa shape index (κ1) is 14.4. The Hall–Kier alpha value is -1.51. The van der Waals surface area contributed by atoms with Crippen LogP contribution < -0.4 is 4.74 Å². The Balaban J connectivity index is 1.93. The number of hydrogen-bond acceptors (Lipinski definition) is 3. The fourth-order valence-electron chi connectivity index (χ4n) is 3.84. The Morgan fingerprint density at radius 1 is 1.19 bits per heavy atom. The molecule has 2 aliphatic rings. The van der Waals surface area contributed by atoms with Gasteiger partial charge >= 0.3 is 0 Å². The average molecular weight is 288 g/mol. The minimum atomic E-state index is 0.166. The van der Waals surface area contributed by atoms with Gasteiger partial charge in [-0.2, -0.15) is 0 Å². The minimum absolute atomic E-state index is 0.166. The van der Waals surface area contributed by atoms with E-state index < -0.39 is 0 Å². The van der Waals surface area contributed by atoms with E-state index in [2.05, 4.69) is 13.8 Å². The maximum absolute atomic E-state index is 12.1. The van der Waals surface area contributed by atoms with Crippen LogP contribution in [0.2, 0.25) is 0 Å². The van der Waals surface area contributed by atoms with Crippen molar-refractivity contribution in [3.8, 4) is 11.5 Å². The maximum Gasteiger partial charge on any atom is 0.135 e. The van der Waals surface area contributed by atoms with Crippen LogP contribution in [0.5, 0.6) is 11.5 Å². The topological polar surface area (TPSA) is 46.5 Å². The standard InChI is InChI=1S/C18H24O3/c1-11-4-8-17(20)12(2)3-6-14-15-7-5-13(19)9-18(15)21-10-16(11)14/h5,7,9,11-12,14,16,19H,3-4,6,8,10H2,1-2H3/t11-,12-,14+,16+/m0/s1. The molecule has 0 amide bonds. The third-order valence-corrected chi connectivity index (χ3v) is 5.38. The van der Waals surface area contributed by atoms with E-state index >= 15 is 0 Å². The number of fused-ring (bicyclic) bond motifs is 3. The van der Waals surface area contributed by atoms with Gasteiger partial charge < -0.3 is 9.84 Å². The molecule has 0 radical (unpaired) electrons. The van der Waals surface area contributed by atoms with E-state index in [1.165, 1.54) is 5.56 Å². The summed E-state index contributed by atoms with van der Waals surface area (Å²) in [7, 11) is 0. The Bertz CT molecular complexity index is 537. The highest BCUT2D eigenvalue weighted by Crippen LogP contribution is 2.46. The maximum atomic E-state index is 12.1. The molecule has 0 saturated heterocycles. The number of carbonyl (C=O) groups excluding carboxylic acids is 1. The lowest BCUT2D eigenvalue weighted by atomic mass is 9.74. The largest absolute Gasteiger partial charge is 0.508 e. The molecule has 1 fully saturated rings. The van der Waals surface area contributed by atoms with Crippen molar-refractivity contribution in [1.82, 2.24) is 0 Å². The number of benzene rings is 1. The van der Waals surface area contributed by atoms with Gasteiger partial charge in [-0.05, 0) is 42.7 Å². The lowest BCUT2D eigenvalue weighted by Gasteiger charge is -2.37. The summed E-state index contributed by atoms with van der Waals surface area (Å²) >= 11 is 0. The monoisotopic (exact) mass is 288 g/mol. The van der Waals surface area contributed by atoms with Gasteiger partial charge in [-0.25, -0.2) is 0 Å². The SMILES string of the molecule is C[C@H]1CC[C@@H]2c3ccc(O)cc3OC[C@@H]2[C@@H](C)CCC1=O. The van der Waals surface area contributed by atoms with Crippen LogP contribution in [0.25, 0.3) is 0 Å². The Morgan fingerprint density at radius 3 is 2.81 bits per heavy atom. The van der Waals surface area contributed by atoms with E-state index in [4.69, 9.17) is 4.74 Å². The normalized spacial score (nSPS) is 33.0. The first-order valence-corrected chi connectivity index (χ1v) is 8.04. The van der Waals surface area contributed by atoms with E-state index in [0.29, 0.717) is 36.6 Å². The summed E-state index contributed by atoms with van der Waals surface area (Å²) in [6, 6.07) is 5.46. The van der Waals surface area contributed by atoms with Crippen molar-refractivity contribution in [2.75, 3.05) is 6.61 Å². The molecule has 0 bridgehead atoms. The van der Waals surface area contributed by atoms with Gasteiger partial charge in [0.2, 0.25) is 0 Å². The molecule has 4 atom stereocenters. The van der Waals surface area contributed by atoms with Gasteiger partial charge in [-0.3, -0.25) is 4.79 Å². The molecule has 1 aromatic rings. The molecule has 3 heteroatoms. The number of hydrogen-bond donors (Lipinski definition) is 1. The zero-order valence-corrected chi connectivity index (χ0v) is 12.8. The fraction of sp³-hybridized carbons (Fsp3) is 0.611. The second kappa shape index (κ2) is 5.70. The van der Waals surface area contributed by atoms with Crippen molar-refractivity contribution >= 4 is 5.78 Å². The van der Waals surface area contributed by atoms with Gasteiger partial charge in [0.15, 0.2) is 0 Å². The first-order valence-electron chi connectivity index (χ1n) is 8.04. The van der Waals surface area contributed by atoms with Gasteiger partial charge in [0.05, 0.1) is 6.61 Å². The highest BCUT2D eigenvalue weighted by Gasteiger charge is 2.36. The molecule has 1 saturated carbocycles. The predicted octanol–water partition coefficient (Wildman–Crippen LogP) is 3.90. The summed E-state index contributed by atoms with van der Waals surface area (Å²) in [6.07, 6.45) is 3.64. The van der Waals surface area contributed by atoms with Crippen LogP contribution in [0.15, 0.2) is 18.2 Å². The summed E-state index contributed by atoms with van der Waals surface area (Å²) in [5, 5.41) is 9.63. The van der Waals surface area contributed by atoms with Gasteiger partial charge in [-0.1, -0.05) is 19.9 Å². The van der Waals surface area contributed by atoms with Gasteiger partial charge in [-0.15, -0.1) is 0 Å². The molecule has 21 heavy (non-hydrogen) atoms. The Kier molecular flexibility index (Phi) is 3.92. The number of aromatic hydroxyl groups is 1. The number of ether oxygens (including phenoxy) is 1. The molecule has 1 aromatic carbocycles. The van der Waals surface area contributed by atoms with E-state index in [1.54, 1.807) is 12.1 Å². The van der Waals surface area contributed by atoms with Crippen LogP contribution in [-0.2, 0) is 4.79 Å². The predicted molar refractivity (Wildman–Crippen MR) is 81.6 cm³/mol. The highest BCUT2D eigenvalue weighted by molar-refractivity contribution is 5.80. The molecule has 1 aliphatic carbocycles. The van der Waals surface area contributed by atoms with Crippen molar-refractivity contribution in [3.63, 3.8) is 0 Å². The fourth-order valence-corrected chi connectivity index (χ4v) is 3.84. The molecule has 0 unspecified atom stereocenters. The molecule has 1 aliphatic heterocycles. The quantitative estimate of drug-likeness (QED) is 0.787.